The second-order valence-corrected chi connectivity index (χ2v) is 8.11. The van der Waals surface area contributed by atoms with Gasteiger partial charge < -0.3 is 9.47 Å². The highest BCUT2D eigenvalue weighted by atomic mass is 19.1. The van der Waals surface area contributed by atoms with Gasteiger partial charge in [0.1, 0.15) is 5.60 Å². The first kappa shape index (κ1) is 20.2. The van der Waals surface area contributed by atoms with E-state index in [1.54, 1.807) is 20.8 Å². The van der Waals surface area contributed by atoms with E-state index >= 15 is 0 Å². The lowest BCUT2D eigenvalue weighted by molar-refractivity contribution is -0.164. The molecule has 1 fully saturated rings. The number of rotatable bonds is 6. The molecule has 28 heavy (non-hydrogen) atoms. The van der Waals surface area contributed by atoms with E-state index in [0.717, 1.165) is 11.1 Å². The number of benzene rings is 2. The monoisotopic (exact) mass is 383 g/mol. The molecule has 4 nitrogen and oxygen atoms in total. The predicted molar refractivity (Wildman–Crippen MR) is 107 cm³/mol. The average Bonchev–Trinajstić information content (AvgIpc) is 2.63. The number of ether oxygens (including phenoxy) is 2. The summed E-state index contributed by atoms with van der Waals surface area (Å²) in [6.45, 7) is 5.33. The molecule has 3 rings (SSSR count). The Hall–Kier alpha value is -2.53. The Kier molecular flexibility index (Phi) is 5.94. The van der Waals surface area contributed by atoms with Crippen molar-refractivity contribution in [2.24, 2.45) is 4.99 Å². The summed E-state index contributed by atoms with van der Waals surface area (Å²) in [7, 11) is 0. The maximum Gasteiger partial charge on any atom is 0.331 e. The third-order valence-corrected chi connectivity index (χ3v) is 4.34. The lowest BCUT2D eigenvalue weighted by Crippen LogP contribution is -2.49. The van der Waals surface area contributed by atoms with Crippen LogP contribution in [0.15, 0.2) is 65.7 Å². The fraction of sp³-hybridized carbons (Fsp3) is 0.391. The summed E-state index contributed by atoms with van der Waals surface area (Å²) in [5.74, 6) is -0.527. The van der Waals surface area contributed by atoms with Crippen molar-refractivity contribution in [2.45, 2.75) is 44.5 Å². The first-order valence-electron chi connectivity index (χ1n) is 9.44. The van der Waals surface area contributed by atoms with E-state index in [-0.39, 0.29) is 19.6 Å². The number of nitrogens with zero attached hydrogens (tertiary/aromatic N) is 1. The number of hydrogen-bond acceptors (Lipinski definition) is 4. The number of halogens is 1. The Morgan fingerprint density at radius 2 is 1.57 bits per heavy atom. The van der Waals surface area contributed by atoms with Crippen LogP contribution in [-0.2, 0) is 14.3 Å². The molecule has 0 saturated carbocycles. The average molecular weight is 383 g/mol. The van der Waals surface area contributed by atoms with Crippen molar-refractivity contribution in [1.82, 2.24) is 0 Å². The third-order valence-electron chi connectivity index (χ3n) is 4.34. The first-order valence-corrected chi connectivity index (χ1v) is 9.44. The molecule has 0 radical (unpaired) electrons. The summed E-state index contributed by atoms with van der Waals surface area (Å²) < 4.78 is 25.4. The summed E-state index contributed by atoms with van der Waals surface area (Å²) in [6.07, 6.45) is -0.0644. The van der Waals surface area contributed by atoms with Crippen LogP contribution in [0.1, 0.15) is 38.3 Å². The van der Waals surface area contributed by atoms with Crippen molar-refractivity contribution in [1.29, 1.82) is 0 Å². The molecule has 148 valence electrons. The Morgan fingerprint density at radius 3 is 1.96 bits per heavy atom. The normalized spacial score (nSPS) is 16.6. The van der Waals surface area contributed by atoms with Crippen molar-refractivity contribution < 1.29 is 18.7 Å². The number of alkyl halides is 1. The van der Waals surface area contributed by atoms with Gasteiger partial charge in [-0.3, -0.25) is 4.99 Å². The molecule has 5 heteroatoms. The van der Waals surface area contributed by atoms with Crippen molar-refractivity contribution in [3.05, 3.63) is 71.8 Å². The van der Waals surface area contributed by atoms with Crippen LogP contribution < -0.4 is 0 Å². The van der Waals surface area contributed by atoms with Gasteiger partial charge in [-0.15, -0.1) is 0 Å². The Bertz CT molecular complexity index is 782. The smallest absolute Gasteiger partial charge is 0.331 e. The van der Waals surface area contributed by atoms with Crippen LogP contribution in [0.4, 0.5) is 4.39 Å². The van der Waals surface area contributed by atoms with Crippen LogP contribution in [0, 0.1) is 0 Å². The number of carbonyl (C=O) groups excluding carboxylic acids is 1. The molecule has 0 aliphatic carbocycles. The number of aliphatic imine (C=N–C) groups is 1. The molecule has 1 unspecified atom stereocenters. The van der Waals surface area contributed by atoms with E-state index in [2.05, 4.69) is 0 Å². The van der Waals surface area contributed by atoms with Crippen LogP contribution in [-0.4, -0.2) is 42.2 Å². The number of esters is 1. The van der Waals surface area contributed by atoms with Gasteiger partial charge in [-0.25, -0.2) is 9.18 Å². The van der Waals surface area contributed by atoms with Gasteiger partial charge in [0.25, 0.3) is 0 Å². The van der Waals surface area contributed by atoms with Crippen LogP contribution in [0.2, 0.25) is 0 Å². The van der Waals surface area contributed by atoms with Gasteiger partial charge in [0.05, 0.1) is 18.9 Å². The van der Waals surface area contributed by atoms with Gasteiger partial charge in [-0.05, 0) is 20.8 Å². The molecular weight excluding hydrogens is 357 g/mol. The molecule has 1 aliphatic heterocycles. The predicted octanol–water partition coefficient (Wildman–Crippen LogP) is 4.36. The zero-order valence-corrected chi connectivity index (χ0v) is 16.5. The topological polar surface area (TPSA) is 47.9 Å². The van der Waals surface area contributed by atoms with Crippen molar-refractivity contribution in [3.63, 3.8) is 0 Å². The van der Waals surface area contributed by atoms with E-state index in [4.69, 9.17) is 14.5 Å². The Balaban J connectivity index is 2.01. The molecular formula is C23H26FNO3. The Morgan fingerprint density at radius 1 is 1.07 bits per heavy atom. The minimum Gasteiger partial charge on any atom is -0.458 e. The molecule has 0 spiro atoms. The van der Waals surface area contributed by atoms with Crippen LogP contribution in [0.3, 0.4) is 0 Å². The van der Waals surface area contributed by atoms with Crippen molar-refractivity contribution >= 4 is 11.7 Å². The van der Waals surface area contributed by atoms with Crippen LogP contribution in [0.25, 0.3) is 0 Å². The van der Waals surface area contributed by atoms with Gasteiger partial charge in [0.2, 0.25) is 0 Å². The second-order valence-electron chi connectivity index (χ2n) is 8.11. The summed E-state index contributed by atoms with van der Waals surface area (Å²) >= 11 is 0. The molecule has 0 aromatic heterocycles. The highest BCUT2D eigenvalue weighted by Crippen LogP contribution is 2.30. The molecule has 1 atom stereocenters. The number of carbonyl (C=O) groups is 1. The summed E-state index contributed by atoms with van der Waals surface area (Å²) in [5, 5.41) is 0. The third kappa shape index (κ3) is 5.26. The van der Waals surface area contributed by atoms with Gasteiger partial charge in [0, 0.05) is 17.5 Å². The first-order chi connectivity index (χ1) is 13.3. The zero-order valence-electron chi connectivity index (χ0n) is 16.5. The van der Waals surface area contributed by atoms with E-state index in [9.17, 15) is 9.18 Å². The van der Waals surface area contributed by atoms with E-state index < -0.39 is 23.3 Å². The number of hydrogen-bond donors (Lipinski definition) is 0. The Labute approximate surface area is 165 Å². The van der Waals surface area contributed by atoms with Gasteiger partial charge in [-0.2, -0.15) is 0 Å². The fourth-order valence-electron chi connectivity index (χ4n) is 3.00. The minimum atomic E-state index is -1.55. The molecule has 2 aromatic rings. The minimum absolute atomic E-state index is 0.0200. The summed E-state index contributed by atoms with van der Waals surface area (Å²) in [5.41, 5.74) is 0.133. The van der Waals surface area contributed by atoms with Crippen LogP contribution >= 0.6 is 0 Å². The molecule has 1 saturated heterocycles. The maximum atomic E-state index is 14.8. The van der Waals surface area contributed by atoms with Crippen molar-refractivity contribution in [2.75, 3.05) is 13.2 Å². The molecule has 2 aromatic carbocycles. The van der Waals surface area contributed by atoms with Crippen molar-refractivity contribution in [3.8, 4) is 0 Å². The second kappa shape index (κ2) is 8.23. The van der Waals surface area contributed by atoms with Gasteiger partial charge >= 0.3 is 5.97 Å². The van der Waals surface area contributed by atoms with E-state index in [0.29, 0.717) is 5.71 Å². The summed E-state index contributed by atoms with van der Waals surface area (Å²) in [4.78, 5) is 17.6. The zero-order chi connectivity index (χ0) is 20.2. The highest BCUT2D eigenvalue weighted by Gasteiger charge is 2.43. The van der Waals surface area contributed by atoms with Gasteiger partial charge in [0.15, 0.2) is 11.7 Å². The SMILES string of the molecule is CC(C)(C)OC(=O)C(CC1(F)COC1)N=C(c1ccccc1)c1ccccc1. The molecule has 0 amide bonds. The lowest BCUT2D eigenvalue weighted by atomic mass is 9.94. The molecule has 0 bridgehead atoms. The van der Waals surface area contributed by atoms with Gasteiger partial charge in [-0.1, -0.05) is 60.7 Å². The van der Waals surface area contributed by atoms with E-state index in [1.165, 1.54) is 0 Å². The van der Waals surface area contributed by atoms with Crippen LogP contribution in [0.5, 0.6) is 0 Å². The fourth-order valence-corrected chi connectivity index (χ4v) is 3.00. The van der Waals surface area contributed by atoms with E-state index in [1.807, 2.05) is 60.7 Å². The largest absolute Gasteiger partial charge is 0.458 e. The lowest BCUT2D eigenvalue weighted by Gasteiger charge is -2.35. The summed E-state index contributed by atoms with van der Waals surface area (Å²) in [6, 6.07) is 18.2. The highest BCUT2D eigenvalue weighted by molar-refractivity contribution is 6.13. The quantitative estimate of drug-likeness (QED) is 0.550. The molecule has 1 heterocycles. The molecule has 1 aliphatic rings. The molecule has 0 N–H and O–H groups in total. The standard InChI is InChI=1S/C23H26FNO3/c1-22(2,3)28-21(26)19(14-23(24)15-27-16-23)25-20(17-10-6-4-7-11-17)18-12-8-5-9-13-18/h4-13,19H,14-16H2,1-3H3. The maximum absolute atomic E-state index is 14.8.